The highest BCUT2D eigenvalue weighted by Gasteiger charge is 2.31. The molecule has 0 atom stereocenters. The topological polar surface area (TPSA) is 41.6 Å². The number of nitrogens with one attached hydrogen (secondary N) is 1. The third-order valence-corrected chi connectivity index (χ3v) is 3.74. The number of benzene rings is 2. The molecule has 4 nitrogen and oxygen atoms in total. The maximum Gasteiger partial charge on any atom is 0.573 e. The first-order chi connectivity index (χ1) is 11.4. The maximum atomic E-state index is 12.3. The molecule has 1 aliphatic rings. The van der Waals surface area contributed by atoms with E-state index in [4.69, 9.17) is 0 Å². The summed E-state index contributed by atoms with van der Waals surface area (Å²) in [5.74, 6) is -0.371. The fraction of sp³-hybridized carbons (Fsp3) is 0.235. The summed E-state index contributed by atoms with van der Waals surface area (Å²) in [5.41, 5.74) is 2.54. The first-order valence-electron chi connectivity index (χ1n) is 7.39. The van der Waals surface area contributed by atoms with E-state index in [1.165, 1.54) is 23.8 Å². The standard InChI is InChI=1S/C17H15F3N2O2/c18-17(19,20)24-15-7-3-6-14(10-15)21-16(23)22-9-8-12-4-1-2-5-13(12)11-22/h1-7,10H,8-9,11H2,(H,21,23). The molecule has 24 heavy (non-hydrogen) atoms. The maximum absolute atomic E-state index is 12.3. The number of urea groups is 1. The fourth-order valence-corrected chi connectivity index (χ4v) is 2.64. The van der Waals surface area contributed by atoms with Crippen molar-refractivity contribution < 1.29 is 22.7 Å². The Morgan fingerprint density at radius 2 is 1.83 bits per heavy atom. The summed E-state index contributed by atoms with van der Waals surface area (Å²) in [4.78, 5) is 14.0. The Bertz CT molecular complexity index is 747. The van der Waals surface area contributed by atoms with Crippen LogP contribution >= 0.6 is 0 Å². The number of rotatable bonds is 2. The van der Waals surface area contributed by atoms with E-state index >= 15 is 0 Å². The molecule has 0 saturated carbocycles. The highest BCUT2D eigenvalue weighted by molar-refractivity contribution is 5.89. The third kappa shape index (κ3) is 3.98. The summed E-state index contributed by atoms with van der Waals surface area (Å²) in [6, 6.07) is 12.7. The molecule has 0 aromatic heterocycles. The molecule has 0 unspecified atom stereocenters. The Morgan fingerprint density at radius 1 is 1.08 bits per heavy atom. The largest absolute Gasteiger partial charge is 0.573 e. The lowest BCUT2D eigenvalue weighted by Crippen LogP contribution is -2.38. The van der Waals surface area contributed by atoms with Gasteiger partial charge in [0.15, 0.2) is 0 Å². The molecule has 1 aliphatic heterocycles. The van der Waals surface area contributed by atoms with Gasteiger partial charge < -0.3 is 15.0 Å². The number of ether oxygens (including phenoxy) is 1. The van der Waals surface area contributed by atoms with Crippen LogP contribution in [0.1, 0.15) is 11.1 Å². The smallest absolute Gasteiger partial charge is 0.406 e. The number of hydrogen-bond donors (Lipinski definition) is 1. The third-order valence-electron chi connectivity index (χ3n) is 3.74. The van der Waals surface area contributed by atoms with Crippen molar-refractivity contribution in [2.45, 2.75) is 19.3 Å². The molecule has 0 fully saturated rings. The minimum atomic E-state index is -4.76. The fourth-order valence-electron chi connectivity index (χ4n) is 2.64. The van der Waals surface area contributed by atoms with Crippen molar-refractivity contribution in [1.82, 2.24) is 4.90 Å². The van der Waals surface area contributed by atoms with Gasteiger partial charge in [0.1, 0.15) is 5.75 Å². The highest BCUT2D eigenvalue weighted by Crippen LogP contribution is 2.25. The number of amides is 2. The predicted octanol–water partition coefficient (Wildman–Crippen LogP) is 4.18. The normalized spacial score (nSPS) is 14.0. The minimum absolute atomic E-state index is 0.251. The zero-order valence-corrected chi connectivity index (χ0v) is 12.6. The van der Waals surface area contributed by atoms with E-state index in [0.29, 0.717) is 13.1 Å². The molecule has 2 aromatic rings. The second-order valence-electron chi connectivity index (χ2n) is 5.45. The molecular weight excluding hydrogens is 321 g/mol. The van der Waals surface area contributed by atoms with Crippen molar-refractivity contribution >= 4 is 11.7 Å². The molecule has 3 rings (SSSR count). The summed E-state index contributed by atoms with van der Waals surface area (Å²) in [6.07, 6.45) is -4.01. The predicted molar refractivity (Wildman–Crippen MR) is 82.7 cm³/mol. The summed E-state index contributed by atoms with van der Waals surface area (Å²) in [5, 5.41) is 2.61. The first-order valence-corrected chi connectivity index (χ1v) is 7.39. The monoisotopic (exact) mass is 336 g/mol. The number of alkyl halides is 3. The van der Waals surface area contributed by atoms with Crippen LogP contribution in [0.2, 0.25) is 0 Å². The zero-order chi connectivity index (χ0) is 17.2. The van der Waals surface area contributed by atoms with Gasteiger partial charge in [0.05, 0.1) is 0 Å². The van der Waals surface area contributed by atoms with Gasteiger partial charge in [0.25, 0.3) is 0 Å². The number of carbonyl (C=O) groups is 1. The summed E-state index contributed by atoms with van der Waals surface area (Å²) in [7, 11) is 0. The van der Waals surface area contributed by atoms with Gasteiger partial charge in [0.2, 0.25) is 0 Å². The summed E-state index contributed by atoms with van der Waals surface area (Å²) < 4.78 is 40.6. The summed E-state index contributed by atoms with van der Waals surface area (Å²) in [6.45, 7) is 1.03. The molecule has 7 heteroatoms. The minimum Gasteiger partial charge on any atom is -0.406 e. The molecule has 0 spiro atoms. The highest BCUT2D eigenvalue weighted by atomic mass is 19.4. The van der Waals surface area contributed by atoms with E-state index in [0.717, 1.165) is 18.1 Å². The number of halogens is 3. The molecule has 0 bridgehead atoms. The van der Waals surface area contributed by atoms with Gasteiger partial charge in [-0.2, -0.15) is 0 Å². The average Bonchev–Trinajstić information content (AvgIpc) is 2.53. The Labute approximate surface area is 136 Å². The molecule has 1 heterocycles. The second kappa shape index (κ2) is 6.43. The molecule has 0 radical (unpaired) electrons. The summed E-state index contributed by atoms with van der Waals surface area (Å²) >= 11 is 0. The zero-order valence-electron chi connectivity index (χ0n) is 12.6. The van der Waals surface area contributed by atoms with Crippen molar-refractivity contribution in [3.63, 3.8) is 0 Å². The number of nitrogens with zero attached hydrogens (tertiary/aromatic N) is 1. The number of hydrogen-bond acceptors (Lipinski definition) is 2. The number of fused-ring (bicyclic) bond motifs is 1. The van der Waals surface area contributed by atoms with Crippen LogP contribution in [0.4, 0.5) is 23.7 Å². The van der Waals surface area contributed by atoms with E-state index < -0.39 is 6.36 Å². The average molecular weight is 336 g/mol. The van der Waals surface area contributed by atoms with Crippen LogP contribution in [0.5, 0.6) is 5.75 Å². The van der Waals surface area contributed by atoms with Crippen LogP contribution in [0.25, 0.3) is 0 Å². The van der Waals surface area contributed by atoms with E-state index in [9.17, 15) is 18.0 Å². The van der Waals surface area contributed by atoms with E-state index in [2.05, 4.69) is 10.1 Å². The van der Waals surface area contributed by atoms with E-state index in [-0.39, 0.29) is 17.5 Å². The molecule has 0 aliphatic carbocycles. The van der Waals surface area contributed by atoms with Crippen LogP contribution in [0, 0.1) is 0 Å². The second-order valence-corrected chi connectivity index (χ2v) is 5.45. The Kier molecular flexibility index (Phi) is 4.33. The van der Waals surface area contributed by atoms with Crippen LogP contribution in [-0.2, 0) is 13.0 Å². The van der Waals surface area contributed by atoms with Crippen LogP contribution in [0.3, 0.4) is 0 Å². The molecule has 2 aromatic carbocycles. The van der Waals surface area contributed by atoms with Crippen molar-refractivity contribution in [3.8, 4) is 5.75 Å². The van der Waals surface area contributed by atoms with Gasteiger partial charge in [-0.05, 0) is 29.7 Å². The number of anilines is 1. The van der Waals surface area contributed by atoms with Gasteiger partial charge in [-0.1, -0.05) is 30.3 Å². The lowest BCUT2D eigenvalue weighted by Gasteiger charge is -2.29. The Hall–Kier alpha value is -2.70. The van der Waals surface area contributed by atoms with Crippen LogP contribution in [0.15, 0.2) is 48.5 Å². The lowest BCUT2D eigenvalue weighted by molar-refractivity contribution is -0.274. The van der Waals surface area contributed by atoms with Crippen molar-refractivity contribution in [1.29, 1.82) is 0 Å². The van der Waals surface area contributed by atoms with E-state index in [1.54, 1.807) is 4.90 Å². The van der Waals surface area contributed by atoms with Crippen molar-refractivity contribution in [3.05, 3.63) is 59.7 Å². The molecular formula is C17H15F3N2O2. The lowest BCUT2D eigenvalue weighted by atomic mass is 10.0. The van der Waals surface area contributed by atoms with Gasteiger partial charge in [-0.3, -0.25) is 0 Å². The van der Waals surface area contributed by atoms with Gasteiger partial charge in [-0.15, -0.1) is 13.2 Å². The van der Waals surface area contributed by atoms with Gasteiger partial charge >= 0.3 is 12.4 Å². The quantitative estimate of drug-likeness (QED) is 0.894. The van der Waals surface area contributed by atoms with Crippen LogP contribution in [-0.4, -0.2) is 23.8 Å². The van der Waals surface area contributed by atoms with Crippen molar-refractivity contribution in [2.24, 2.45) is 0 Å². The molecule has 0 saturated heterocycles. The SMILES string of the molecule is O=C(Nc1cccc(OC(F)(F)F)c1)N1CCc2ccccc2C1. The van der Waals surface area contributed by atoms with Crippen molar-refractivity contribution in [2.75, 3.05) is 11.9 Å². The van der Waals surface area contributed by atoms with Crippen LogP contribution < -0.4 is 10.1 Å². The number of carbonyl (C=O) groups excluding carboxylic acids is 1. The van der Waals surface area contributed by atoms with E-state index in [1.807, 2.05) is 24.3 Å². The van der Waals surface area contributed by atoms with Gasteiger partial charge in [-0.25, -0.2) is 4.79 Å². The molecule has 2 amide bonds. The molecule has 1 N–H and O–H groups in total. The molecule has 126 valence electrons. The Morgan fingerprint density at radius 3 is 2.58 bits per heavy atom. The first kappa shape index (κ1) is 16.2. The Balaban J connectivity index is 1.66. The van der Waals surface area contributed by atoms with Gasteiger partial charge in [0, 0.05) is 24.8 Å².